The van der Waals surface area contributed by atoms with E-state index in [1.54, 1.807) is 61.1 Å². The number of rotatable bonds is 7. The quantitative estimate of drug-likeness (QED) is 0.231. The molecule has 1 aliphatic rings. The van der Waals surface area contributed by atoms with Gasteiger partial charge in [-0.15, -0.1) is 0 Å². The Balaban J connectivity index is 1.23. The predicted molar refractivity (Wildman–Crippen MR) is 160 cm³/mol. The largest absolute Gasteiger partial charge is 0.460 e. The van der Waals surface area contributed by atoms with E-state index in [0.717, 1.165) is 10.9 Å². The summed E-state index contributed by atoms with van der Waals surface area (Å²) in [7, 11) is 0. The van der Waals surface area contributed by atoms with Gasteiger partial charge in [-0.1, -0.05) is 18.2 Å². The summed E-state index contributed by atoms with van der Waals surface area (Å²) in [6.07, 6.45) is 6.54. The molecule has 3 heterocycles. The molecule has 10 heteroatoms. The fraction of sp³-hybridized carbons (Fsp3) is 0.147. The van der Waals surface area contributed by atoms with Gasteiger partial charge in [-0.2, -0.15) is 0 Å². The van der Waals surface area contributed by atoms with Crippen LogP contribution in [0, 0.1) is 18.6 Å². The maximum Gasteiger partial charge on any atom is 0.253 e. The molecule has 3 aromatic carbocycles. The van der Waals surface area contributed by atoms with Crippen LogP contribution in [0.25, 0.3) is 33.0 Å². The maximum atomic E-state index is 16.3. The highest BCUT2D eigenvalue weighted by Gasteiger charge is 2.48. The smallest absolute Gasteiger partial charge is 0.253 e. The fourth-order valence-corrected chi connectivity index (χ4v) is 5.56. The van der Waals surface area contributed by atoms with Gasteiger partial charge in [-0.25, -0.2) is 18.7 Å². The number of fused-ring (bicyclic) bond motifs is 2. The molecule has 0 bridgehead atoms. The summed E-state index contributed by atoms with van der Waals surface area (Å²) in [6.45, 7) is 1.81. The van der Waals surface area contributed by atoms with Gasteiger partial charge in [-0.3, -0.25) is 14.6 Å². The van der Waals surface area contributed by atoms with Crippen LogP contribution in [0.2, 0.25) is 0 Å². The molecule has 2 amide bonds. The SMILES string of the molecule is Cc1ccc(C(=O)NC2(c3ncc4ccncc4n3)CC2)cc1-c1ccc2oc(Cc3ccc(F)cc3)c(C(N)=O)c2c1F. The average molecular weight is 590 g/mol. The van der Waals surface area contributed by atoms with Crippen LogP contribution in [-0.4, -0.2) is 26.8 Å². The summed E-state index contributed by atoms with van der Waals surface area (Å²) in [6, 6.07) is 15.7. The number of furan rings is 1. The molecule has 7 rings (SSSR count). The number of primary amides is 1. The van der Waals surface area contributed by atoms with Gasteiger partial charge in [0.1, 0.15) is 28.5 Å². The minimum absolute atomic E-state index is 0.0405. The van der Waals surface area contributed by atoms with Crippen LogP contribution in [0.3, 0.4) is 0 Å². The van der Waals surface area contributed by atoms with Crippen molar-refractivity contribution in [2.75, 3.05) is 0 Å². The first-order valence-electron chi connectivity index (χ1n) is 14.0. The fourth-order valence-electron chi connectivity index (χ4n) is 5.56. The Morgan fingerprint density at radius 1 is 1.00 bits per heavy atom. The lowest BCUT2D eigenvalue weighted by Gasteiger charge is -2.17. The maximum absolute atomic E-state index is 16.3. The van der Waals surface area contributed by atoms with Crippen molar-refractivity contribution in [1.29, 1.82) is 0 Å². The molecule has 0 atom stereocenters. The van der Waals surface area contributed by atoms with Gasteiger partial charge in [0.05, 0.1) is 22.7 Å². The number of nitrogens with one attached hydrogen (secondary N) is 1. The number of hydrogen-bond acceptors (Lipinski definition) is 6. The van der Waals surface area contributed by atoms with Crippen LogP contribution >= 0.6 is 0 Å². The number of pyridine rings is 1. The number of aryl methyl sites for hydroxylation is 1. The van der Waals surface area contributed by atoms with Gasteiger partial charge in [0.2, 0.25) is 0 Å². The zero-order chi connectivity index (χ0) is 30.6. The first-order chi connectivity index (χ1) is 21.2. The molecule has 0 saturated heterocycles. The molecule has 1 aliphatic carbocycles. The molecule has 0 unspecified atom stereocenters. The van der Waals surface area contributed by atoms with E-state index in [0.29, 0.717) is 40.9 Å². The molecule has 1 fully saturated rings. The van der Waals surface area contributed by atoms with Crippen molar-refractivity contribution >= 4 is 33.7 Å². The number of carbonyl (C=O) groups is 2. The first-order valence-corrected chi connectivity index (χ1v) is 14.0. The molecule has 44 heavy (non-hydrogen) atoms. The van der Waals surface area contributed by atoms with Crippen molar-refractivity contribution in [1.82, 2.24) is 20.3 Å². The van der Waals surface area contributed by atoms with Crippen molar-refractivity contribution in [2.24, 2.45) is 5.73 Å². The summed E-state index contributed by atoms with van der Waals surface area (Å²) in [4.78, 5) is 39.3. The summed E-state index contributed by atoms with van der Waals surface area (Å²) >= 11 is 0. The van der Waals surface area contributed by atoms with E-state index in [2.05, 4.69) is 20.3 Å². The minimum atomic E-state index is -0.844. The number of benzene rings is 3. The van der Waals surface area contributed by atoms with Crippen LogP contribution in [-0.2, 0) is 12.0 Å². The van der Waals surface area contributed by atoms with Gasteiger partial charge in [0, 0.05) is 35.3 Å². The second kappa shape index (κ2) is 10.3. The van der Waals surface area contributed by atoms with Crippen molar-refractivity contribution in [2.45, 2.75) is 31.7 Å². The van der Waals surface area contributed by atoms with Gasteiger partial charge < -0.3 is 15.5 Å². The Morgan fingerprint density at radius 2 is 1.80 bits per heavy atom. The highest BCUT2D eigenvalue weighted by Crippen LogP contribution is 2.44. The van der Waals surface area contributed by atoms with Crippen LogP contribution < -0.4 is 11.1 Å². The second-order valence-electron chi connectivity index (χ2n) is 11.1. The Bertz CT molecular complexity index is 2120. The third-order valence-corrected chi connectivity index (χ3v) is 8.10. The molecule has 1 saturated carbocycles. The van der Waals surface area contributed by atoms with E-state index in [-0.39, 0.29) is 40.2 Å². The van der Waals surface area contributed by atoms with E-state index < -0.39 is 23.1 Å². The molecular weight excluding hydrogens is 564 g/mol. The van der Waals surface area contributed by atoms with Crippen LogP contribution in [0.15, 0.2) is 83.7 Å². The number of nitrogens with zero attached hydrogens (tertiary/aromatic N) is 3. The van der Waals surface area contributed by atoms with Crippen molar-refractivity contribution in [3.8, 4) is 11.1 Å². The topological polar surface area (TPSA) is 124 Å². The van der Waals surface area contributed by atoms with Gasteiger partial charge in [0.15, 0.2) is 5.82 Å². The Hall–Kier alpha value is -5.51. The number of hydrogen-bond donors (Lipinski definition) is 2. The molecule has 0 radical (unpaired) electrons. The number of carbonyl (C=O) groups excluding carboxylic acids is 2. The molecule has 0 aliphatic heterocycles. The lowest BCUT2D eigenvalue weighted by molar-refractivity contribution is 0.0927. The second-order valence-corrected chi connectivity index (χ2v) is 11.1. The summed E-state index contributed by atoms with van der Waals surface area (Å²) in [5.41, 5.74) is 8.18. The van der Waals surface area contributed by atoms with Crippen molar-refractivity contribution in [3.05, 3.63) is 125 Å². The van der Waals surface area contributed by atoms with Crippen molar-refractivity contribution < 1.29 is 22.8 Å². The van der Waals surface area contributed by atoms with E-state index >= 15 is 4.39 Å². The van der Waals surface area contributed by atoms with Crippen molar-refractivity contribution in [3.63, 3.8) is 0 Å². The van der Waals surface area contributed by atoms with Gasteiger partial charge in [-0.05, 0) is 78.9 Å². The lowest BCUT2D eigenvalue weighted by Crippen LogP contribution is -2.36. The summed E-state index contributed by atoms with van der Waals surface area (Å²) in [5.74, 6) is -1.58. The summed E-state index contributed by atoms with van der Waals surface area (Å²) < 4.78 is 35.6. The van der Waals surface area contributed by atoms with Crippen LogP contribution in [0.4, 0.5) is 8.78 Å². The standard InChI is InChI=1S/C34H25F2N5O3/c1-18-2-5-20(32(43)41-34(11-12-34)33-39-16-21-10-13-38-17-25(21)40-33)15-24(18)23-8-9-26-28(30(23)36)29(31(37)42)27(44-26)14-19-3-6-22(35)7-4-19/h2-10,13,15-17H,11-12,14H2,1H3,(H2,37,42)(H,41,43). The molecule has 6 aromatic rings. The van der Waals surface area contributed by atoms with Gasteiger partial charge in [0.25, 0.3) is 11.8 Å². The third kappa shape index (κ3) is 4.74. The highest BCUT2D eigenvalue weighted by atomic mass is 19.1. The van der Waals surface area contributed by atoms with Crippen LogP contribution in [0.5, 0.6) is 0 Å². The highest BCUT2D eigenvalue weighted by molar-refractivity contribution is 6.08. The normalized spacial score (nSPS) is 13.7. The van der Waals surface area contributed by atoms with E-state index in [1.807, 2.05) is 13.0 Å². The average Bonchev–Trinajstić information content (AvgIpc) is 3.70. The monoisotopic (exact) mass is 589 g/mol. The molecule has 3 aromatic heterocycles. The molecule has 3 N–H and O–H groups in total. The molecule has 218 valence electrons. The number of amides is 2. The Morgan fingerprint density at radius 3 is 2.55 bits per heavy atom. The van der Waals surface area contributed by atoms with E-state index in [4.69, 9.17) is 10.2 Å². The minimum Gasteiger partial charge on any atom is -0.460 e. The third-order valence-electron chi connectivity index (χ3n) is 8.10. The molecular formula is C34H25F2N5O3. The number of halogens is 2. The lowest BCUT2D eigenvalue weighted by atomic mass is 9.95. The summed E-state index contributed by atoms with van der Waals surface area (Å²) in [5, 5.41) is 3.90. The number of nitrogens with two attached hydrogens (primary N) is 1. The molecule has 8 nitrogen and oxygen atoms in total. The number of aromatic nitrogens is 3. The zero-order valence-electron chi connectivity index (χ0n) is 23.5. The Labute approximate surface area is 250 Å². The molecule has 0 spiro atoms. The first kappa shape index (κ1) is 27.3. The van der Waals surface area contributed by atoms with Gasteiger partial charge >= 0.3 is 0 Å². The van der Waals surface area contributed by atoms with E-state index in [9.17, 15) is 14.0 Å². The zero-order valence-corrected chi connectivity index (χ0v) is 23.5. The Kier molecular flexibility index (Phi) is 6.42. The van der Waals surface area contributed by atoms with Crippen LogP contribution in [0.1, 0.15) is 56.3 Å². The van der Waals surface area contributed by atoms with E-state index in [1.165, 1.54) is 12.1 Å². The predicted octanol–water partition coefficient (Wildman–Crippen LogP) is 6.13.